The number of carbonyl (C=O) groups excluding carboxylic acids is 1. The molecule has 0 amide bonds. The molecule has 36 heavy (non-hydrogen) atoms. The number of aliphatic hydroxyl groups is 3. The molecular weight excluding hydrogens is 450 g/mol. The van der Waals surface area contributed by atoms with Crippen LogP contribution in [0.1, 0.15) is 70.9 Å². The monoisotopic (exact) mass is 487 g/mol. The van der Waals surface area contributed by atoms with Gasteiger partial charge in [0.1, 0.15) is 0 Å². The second-order valence-corrected chi connectivity index (χ2v) is 10.4. The van der Waals surface area contributed by atoms with Crippen molar-refractivity contribution in [3.05, 3.63) is 100 Å². The van der Waals surface area contributed by atoms with Gasteiger partial charge in [0.15, 0.2) is 5.78 Å². The summed E-state index contributed by atoms with van der Waals surface area (Å²) in [5.74, 6) is -0.200. The molecule has 4 rings (SSSR count). The third-order valence-corrected chi connectivity index (χ3v) is 8.29. The van der Waals surface area contributed by atoms with Gasteiger partial charge in [-0.15, -0.1) is 0 Å². The predicted octanol–water partition coefficient (Wildman–Crippen LogP) is 4.72. The van der Waals surface area contributed by atoms with E-state index in [1.807, 2.05) is 62.4 Å². The van der Waals surface area contributed by atoms with Crippen LogP contribution in [-0.2, 0) is 24.9 Å². The molecule has 1 saturated carbocycles. The third-order valence-electron chi connectivity index (χ3n) is 8.29. The fourth-order valence-electron chi connectivity index (χ4n) is 5.98. The van der Waals surface area contributed by atoms with Gasteiger partial charge in [0.05, 0.1) is 12.2 Å². The molecule has 0 unspecified atom stereocenters. The Morgan fingerprint density at radius 3 is 2.47 bits per heavy atom. The minimum Gasteiger partial charge on any atom is -0.396 e. The van der Waals surface area contributed by atoms with Crippen molar-refractivity contribution in [1.29, 1.82) is 0 Å². The van der Waals surface area contributed by atoms with Crippen molar-refractivity contribution in [2.45, 2.75) is 70.0 Å². The van der Waals surface area contributed by atoms with Gasteiger partial charge < -0.3 is 15.3 Å². The van der Waals surface area contributed by atoms with Gasteiger partial charge in [-0.25, -0.2) is 0 Å². The largest absolute Gasteiger partial charge is 0.396 e. The van der Waals surface area contributed by atoms with Gasteiger partial charge in [-0.2, -0.15) is 0 Å². The molecule has 5 heteroatoms. The Bertz CT molecular complexity index is 1190. The lowest BCUT2D eigenvalue weighted by Crippen LogP contribution is -2.50. The van der Waals surface area contributed by atoms with Crippen LogP contribution in [0.15, 0.2) is 66.9 Å². The average molecular weight is 488 g/mol. The number of carbonyl (C=O) groups is 1. The van der Waals surface area contributed by atoms with E-state index in [1.165, 1.54) is 0 Å². The first-order valence-corrected chi connectivity index (χ1v) is 12.9. The van der Waals surface area contributed by atoms with Crippen molar-refractivity contribution >= 4 is 5.78 Å². The number of aryl methyl sites for hydroxylation is 1. The second kappa shape index (κ2) is 11.0. The smallest absolute Gasteiger partial charge is 0.167 e. The quantitative estimate of drug-likeness (QED) is 0.380. The van der Waals surface area contributed by atoms with Crippen molar-refractivity contribution in [3.8, 4) is 0 Å². The molecule has 0 aliphatic heterocycles. The highest BCUT2D eigenvalue weighted by atomic mass is 16.3. The standard InChI is InChI=1S/C31H37NO4/c1-3-30(36)13-14-31(27(19-30)21-34,18-23-8-5-4-6-9-23)28-12-11-25(16-26(28)20-33)29(35)17-24-10-7-15-32-22(24)2/h4-12,15-16,27,33-34,36H,3,13-14,17-21H2,1-2H3/t27-,30-,31+/m1/s1. The Morgan fingerprint density at radius 2 is 1.81 bits per heavy atom. The van der Waals surface area contributed by atoms with E-state index in [0.717, 1.165) is 22.4 Å². The summed E-state index contributed by atoms with van der Waals surface area (Å²) in [6.45, 7) is 3.63. The number of rotatable bonds is 9. The van der Waals surface area contributed by atoms with Crippen molar-refractivity contribution < 1.29 is 20.1 Å². The number of ketones is 1. The maximum absolute atomic E-state index is 13.2. The number of Topliss-reactive ketones (excluding diaryl/α,β-unsaturated/α-hetero) is 1. The van der Waals surface area contributed by atoms with Crippen LogP contribution in [-0.4, -0.2) is 38.3 Å². The predicted molar refractivity (Wildman–Crippen MR) is 141 cm³/mol. The molecule has 1 aliphatic rings. The molecule has 2 aromatic carbocycles. The van der Waals surface area contributed by atoms with Crippen molar-refractivity contribution in [1.82, 2.24) is 4.98 Å². The fraction of sp³-hybridized carbons (Fsp3) is 0.419. The van der Waals surface area contributed by atoms with Crippen LogP contribution < -0.4 is 0 Å². The lowest BCUT2D eigenvalue weighted by molar-refractivity contribution is -0.0611. The van der Waals surface area contributed by atoms with Crippen molar-refractivity contribution in [2.75, 3.05) is 6.61 Å². The van der Waals surface area contributed by atoms with E-state index in [4.69, 9.17) is 0 Å². The summed E-state index contributed by atoms with van der Waals surface area (Å²) in [7, 11) is 0. The summed E-state index contributed by atoms with van der Waals surface area (Å²) >= 11 is 0. The molecule has 1 fully saturated rings. The minimum atomic E-state index is -0.801. The maximum Gasteiger partial charge on any atom is 0.167 e. The van der Waals surface area contributed by atoms with Crippen molar-refractivity contribution in [3.63, 3.8) is 0 Å². The van der Waals surface area contributed by atoms with Gasteiger partial charge in [-0.1, -0.05) is 55.5 Å². The first kappa shape index (κ1) is 26.2. The molecule has 0 bridgehead atoms. The Labute approximate surface area is 213 Å². The van der Waals surface area contributed by atoms with Crippen LogP contribution >= 0.6 is 0 Å². The topological polar surface area (TPSA) is 90.7 Å². The number of aliphatic hydroxyl groups excluding tert-OH is 2. The van der Waals surface area contributed by atoms with E-state index in [0.29, 0.717) is 43.2 Å². The highest BCUT2D eigenvalue weighted by Gasteiger charge is 2.49. The molecule has 190 valence electrons. The molecule has 1 aliphatic carbocycles. The molecular formula is C31H37NO4. The van der Waals surface area contributed by atoms with E-state index in [2.05, 4.69) is 17.1 Å². The summed E-state index contributed by atoms with van der Waals surface area (Å²) in [6.07, 6.45) is 5.11. The van der Waals surface area contributed by atoms with E-state index < -0.39 is 11.0 Å². The third kappa shape index (κ3) is 5.29. The lowest BCUT2D eigenvalue weighted by atomic mass is 9.56. The minimum absolute atomic E-state index is 0.0211. The molecule has 0 spiro atoms. The van der Waals surface area contributed by atoms with Gasteiger partial charge in [-0.3, -0.25) is 9.78 Å². The molecule has 3 N–H and O–H groups in total. The Kier molecular flexibility index (Phi) is 8.04. The highest BCUT2D eigenvalue weighted by Crippen LogP contribution is 2.51. The van der Waals surface area contributed by atoms with Crippen LogP contribution in [0.3, 0.4) is 0 Å². The van der Waals surface area contributed by atoms with Gasteiger partial charge >= 0.3 is 0 Å². The molecule has 5 nitrogen and oxygen atoms in total. The summed E-state index contributed by atoms with van der Waals surface area (Å²) in [5, 5.41) is 32.1. The molecule has 1 heterocycles. The van der Waals surface area contributed by atoms with Gasteiger partial charge in [-0.05, 0) is 79.3 Å². The first-order chi connectivity index (χ1) is 17.3. The Morgan fingerprint density at radius 1 is 1.03 bits per heavy atom. The maximum atomic E-state index is 13.2. The van der Waals surface area contributed by atoms with Gasteiger partial charge in [0.25, 0.3) is 0 Å². The van der Waals surface area contributed by atoms with E-state index in [-0.39, 0.29) is 31.3 Å². The SMILES string of the molecule is CC[C@@]1(O)CC[C@@](Cc2ccccc2)(c2ccc(C(=O)Cc3cccnc3C)cc2CO)[C@@H](CO)C1. The van der Waals surface area contributed by atoms with Crippen LogP contribution in [0.25, 0.3) is 0 Å². The molecule has 3 atom stereocenters. The first-order valence-electron chi connectivity index (χ1n) is 12.9. The average Bonchev–Trinajstić information content (AvgIpc) is 2.91. The molecule has 1 aromatic heterocycles. The fourth-order valence-corrected chi connectivity index (χ4v) is 5.98. The van der Waals surface area contributed by atoms with Gasteiger partial charge in [0.2, 0.25) is 0 Å². The normalized spacial score (nSPS) is 24.0. The number of hydrogen-bond acceptors (Lipinski definition) is 5. The number of pyridine rings is 1. The second-order valence-electron chi connectivity index (χ2n) is 10.4. The zero-order valence-electron chi connectivity index (χ0n) is 21.3. The summed E-state index contributed by atoms with van der Waals surface area (Å²) in [4.78, 5) is 17.4. The Balaban J connectivity index is 1.75. The molecule has 3 aromatic rings. The van der Waals surface area contributed by atoms with Gasteiger partial charge in [0, 0.05) is 35.9 Å². The number of nitrogens with zero attached hydrogens (tertiary/aromatic N) is 1. The zero-order chi connectivity index (χ0) is 25.8. The summed E-state index contributed by atoms with van der Waals surface area (Å²) < 4.78 is 0. The Hall–Kier alpha value is -2.86. The van der Waals surface area contributed by atoms with Crippen LogP contribution in [0, 0.1) is 12.8 Å². The summed E-state index contributed by atoms with van der Waals surface area (Å²) in [5.41, 5.74) is 3.84. The zero-order valence-corrected chi connectivity index (χ0v) is 21.3. The number of aromatic nitrogens is 1. The van der Waals surface area contributed by atoms with Crippen LogP contribution in [0.5, 0.6) is 0 Å². The molecule has 0 radical (unpaired) electrons. The van der Waals surface area contributed by atoms with E-state index in [9.17, 15) is 20.1 Å². The lowest BCUT2D eigenvalue weighted by Gasteiger charge is -2.50. The summed E-state index contributed by atoms with van der Waals surface area (Å²) in [6, 6.07) is 19.6. The highest BCUT2D eigenvalue weighted by molar-refractivity contribution is 5.97. The van der Waals surface area contributed by atoms with Crippen molar-refractivity contribution in [2.24, 2.45) is 5.92 Å². The van der Waals surface area contributed by atoms with E-state index in [1.54, 1.807) is 6.20 Å². The molecule has 0 saturated heterocycles. The van der Waals surface area contributed by atoms with Crippen LogP contribution in [0.4, 0.5) is 0 Å². The number of benzene rings is 2. The number of hydrogen-bond donors (Lipinski definition) is 3. The van der Waals surface area contributed by atoms with E-state index >= 15 is 0 Å². The van der Waals surface area contributed by atoms with Crippen LogP contribution in [0.2, 0.25) is 0 Å².